The number of hydrogen-bond donors (Lipinski definition) is 1. The molecule has 6 heteroatoms. The van der Waals surface area contributed by atoms with Crippen LogP contribution in [0.5, 0.6) is 0 Å². The van der Waals surface area contributed by atoms with Gasteiger partial charge in [0.1, 0.15) is 0 Å². The fraction of sp³-hybridized carbons (Fsp3) is 0.571. The van der Waals surface area contributed by atoms with Crippen LogP contribution in [0, 0.1) is 5.92 Å². The highest BCUT2D eigenvalue weighted by atomic mass is 35.5. The van der Waals surface area contributed by atoms with Gasteiger partial charge in [-0.3, -0.25) is 0 Å². The SMILES string of the molecule is CCNS(=O)(=O)[C@H]1CCOC[C@H]1Cc1ccccc1Cl. The van der Waals surface area contributed by atoms with Crippen LogP contribution in [0.2, 0.25) is 5.02 Å². The molecule has 0 radical (unpaired) electrons. The molecule has 1 aromatic carbocycles. The molecule has 112 valence electrons. The Hall–Kier alpha value is -0.620. The zero-order valence-electron chi connectivity index (χ0n) is 11.5. The van der Waals surface area contributed by atoms with Crippen LogP contribution in [0.25, 0.3) is 0 Å². The Morgan fingerprint density at radius 3 is 2.85 bits per heavy atom. The van der Waals surface area contributed by atoms with Crippen LogP contribution in [-0.2, 0) is 21.2 Å². The van der Waals surface area contributed by atoms with E-state index in [1.807, 2.05) is 24.3 Å². The fourth-order valence-corrected chi connectivity index (χ4v) is 4.55. The average molecular weight is 318 g/mol. The van der Waals surface area contributed by atoms with E-state index in [1.54, 1.807) is 6.92 Å². The van der Waals surface area contributed by atoms with Gasteiger partial charge in [-0.05, 0) is 24.5 Å². The van der Waals surface area contributed by atoms with Crippen molar-refractivity contribution in [1.82, 2.24) is 4.72 Å². The zero-order valence-corrected chi connectivity index (χ0v) is 13.1. The van der Waals surface area contributed by atoms with Crippen LogP contribution in [-0.4, -0.2) is 33.4 Å². The molecule has 1 heterocycles. The number of nitrogens with one attached hydrogen (secondary N) is 1. The normalized spacial score (nSPS) is 23.7. The van der Waals surface area contributed by atoms with E-state index in [2.05, 4.69) is 4.72 Å². The van der Waals surface area contributed by atoms with E-state index in [0.29, 0.717) is 37.6 Å². The van der Waals surface area contributed by atoms with Gasteiger partial charge < -0.3 is 4.74 Å². The van der Waals surface area contributed by atoms with E-state index in [1.165, 1.54) is 0 Å². The largest absolute Gasteiger partial charge is 0.381 e. The van der Waals surface area contributed by atoms with Gasteiger partial charge in [-0.25, -0.2) is 13.1 Å². The third kappa shape index (κ3) is 3.73. The van der Waals surface area contributed by atoms with Crippen LogP contribution in [0.3, 0.4) is 0 Å². The molecule has 0 bridgehead atoms. The van der Waals surface area contributed by atoms with Gasteiger partial charge in [-0.1, -0.05) is 36.7 Å². The van der Waals surface area contributed by atoms with Crippen molar-refractivity contribution in [3.63, 3.8) is 0 Å². The third-order valence-electron chi connectivity index (χ3n) is 3.59. The lowest BCUT2D eigenvalue weighted by molar-refractivity contribution is 0.0570. The molecular weight excluding hydrogens is 298 g/mol. The fourth-order valence-electron chi connectivity index (χ4n) is 2.63. The van der Waals surface area contributed by atoms with Crippen LogP contribution in [0.15, 0.2) is 24.3 Å². The highest BCUT2D eigenvalue weighted by Gasteiger charge is 2.35. The zero-order chi connectivity index (χ0) is 14.6. The Balaban J connectivity index is 2.18. The second kappa shape index (κ2) is 6.89. The molecule has 0 saturated carbocycles. The predicted octanol–water partition coefficient (Wildman–Crippen LogP) is 2.23. The van der Waals surface area contributed by atoms with Crippen LogP contribution in [0.1, 0.15) is 18.9 Å². The average Bonchev–Trinajstić information content (AvgIpc) is 2.42. The summed E-state index contributed by atoms with van der Waals surface area (Å²) in [5, 5.41) is 0.269. The molecule has 0 spiro atoms. The minimum Gasteiger partial charge on any atom is -0.381 e. The number of benzene rings is 1. The smallest absolute Gasteiger partial charge is 0.214 e. The minimum atomic E-state index is -3.29. The number of ether oxygens (including phenoxy) is 1. The first-order chi connectivity index (χ1) is 9.54. The molecule has 0 aromatic heterocycles. The van der Waals surface area contributed by atoms with Crippen LogP contribution in [0.4, 0.5) is 0 Å². The first kappa shape index (κ1) is 15.8. The first-order valence-electron chi connectivity index (χ1n) is 6.84. The summed E-state index contributed by atoms with van der Waals surface area (Å²) in [6, 6.07) is 7.55. The summed E-state index contributed by atoms with van der Waals surface area (Å²) in [5.74, 6) is -0.0623. The number of sulfonamides is 1. The lowest BCUT2D eigenvalue weighted by Gasteiger charge is -2.31. The van der Waals surface area contributed by atoms with Gasteiger partial charge in [0.25, 0.3) is 0 Å². The maximum atomic E-state index is 12.3. The molecule has 0 aliphatic carbocycles. The van der Waals surface area contributed by atoms with E-state index in [9.17, 15) is 8.42 Å². The summed E-state index contributed by atoms with van der Waals surface area (Å²) in [7, 11) is -3.29. The van der Waals surface area contributed by atoms with Gasteiger partial charge in [0.15, 0.2) is 0 Å². The minimum absolute atomic E-state index is 0.0623. The van der Waals surface area contributed by atoms with Crippen molar-refractivity contribution in [2.24, 2.45) is 5.92 Å². The Labute approximate surface area is 125 Å². The summed E-state index contributed by atoms with van der Waals surface area (Å²) in [5.41, 5.74) is 0.973. The third-order valence-corrected chi connectivity index (χ3v) is 6.07. The molecule has 4 nitrogen and oxygen atoms in total. The van der Waals surface area contributed by atoms with Crippen LogP contribution >= 0.6 is 11.6 Å². The topological polar surface area (TPSA) is 55.4 Å². The van der Waals surface area contributed by atoms with E-state index in [-0.39, 0.29) is 5.92 Å². The summed E-state index contributed by atoms with van der Waals surface area (Å²) in [6.07, 6.45) is 1.15. The second-order valence-electron chi connectivity index (χ2n) is 5.00. The van der Waals surface area contributed by atoms with Gasteiger partial charge in [0, 0.05) is 24.1 Å². The molecule has 1 aliphatic heterocycles. The van der Waals surface area contributed by atoms with Crippen molar-refractivity contribution >= 4 is 21.6 Å². The number of hydrogen-bond acceptors (Lipinski definition) is 3. The summed E-state index contributed by atoms with van der Waals surface area (Å²) < 4.78 is 32.6. The highest BCUT2D eigenvalue weighted by Crippen LogP contribution is 2.27. The summed E-state index contributed by atoms with van der Waals surface area (Å²) >= 11 is 6.16. The highest BCUT2D eigenvalue weighted by molar-refractivity contribution is 7.90. The molecule has 1 saturated heterocycles. The standard InChI is InChI=1S/C14H20ClNO3S/c1-2-16-20(17,18)14-7-8-19-10-12(14)9-11-5-3-4-6-13(11)15/h3-6,12,14,16H,2,7-10H2,1H3/t12-,14+/m1/s1. The van der Waals surface area contributed by atoms with Crippen molar-refractivity contribution in [1.29, 1.82) is 0 Å². The maximum absolute atomic E-state index is 12.3. The Bertz CT molecular complexity index is 547. The molecule has 2 rings (SSSR count). The van der Waals surface area contributed by atoms with Crippen molar-refractivity contribution in [2.75, 3.05) is 19.8 Å². The molecule has 1 fully saturated rings. The lowest BCUT2D eigenvalue weighted by Crippen LogP contribution is -2.44. The lowest BCUT2D eigenvalue weighted by atomic mass is 9.93. The molecule has 20 heavy (non-hydrogen) atoms. The van der Waals surface area contributed by atoms with E-state index in [0.717, 1.165) is 5.56 Å². The molecule has 0 amide bonds. The monoisotopic (exact) mass is 317 g/mol. The number of rotatable bonds is 5. The van der Waals surface area contributed by atoms with Crippen molar-refractivity contribution < 1.29 is 13.2 Å². The molecular formula is C14H20ClNO3S. The predicted molar refractivity (Wildman–Crippen MR) is 80.5 cm³/mol. The van der Waals surface area contributed by atoms with Crippen LogP contribution < -0.4 is 4.72 Å². The summed E-state index contributed by atoms with van der Waals surface area (Å²) in [6.45, 7) is 3.16. The van der Waals surface area contributed by atoms with Crippen molar-refractivity contribution in [2.45, 2.75) is 25.0 Å². The molecule has 1 N–H and O–H groups in total. The number of halogens is 1. The van der Waals surface area contributed by atoms with Gasteiger partial charge >= 0.3 is 0 Å². The molecule has 1 aromatic rings. The Morgan fingerprint density at radius 1 is 1.40 bits per heavy atom. The second-order valence-corrected chi connectivity index (χ2v) is 7.39. The van der Waals surface area contributed by atoms with E-state index < -0.39 is 15.3 Å². The Kier molecular flexibility index (Phi) is 5.43. The van der Waals surface area contributed by atoms with Crippen molar-refractivity contribution in [3.05, 3.63) is 34.9 Å². The van der Waals surface area contributed by atoms with Gasteiger partial charge in [0.2, 0.25) is 10.0 Å². The van der Waals surface area contributed by atoms with Gasteiger partial charge in [0.05, 0.1) is 11.9 Å². The van der Waals surface area contributed by atoms with Gasteiger partial charge in [-0.15, -0.1) is 0 Å². The van der Waals surface area contributed by atoms with E-state index >= 15 is 0 Å². The first-order valence-corrected chi connectivity index (χ1v) is 8.76. The molecule has 0 unspecified atom stereocenters. The Morgan fingerprint density at radius 2 is 2.15 bits per heavy atom. The van der Waals surface area contributed by atoms with E-state index in [4.69, 9.17) is 16.3 Å². The van der Waals surface area contributed by atoms with Crippen molar-refractivity contribution in [3.8, 4) is 0 Å². The summed E-state index contributed by atoms with van der Waals surface area (Å²) in [4.78, 5) is 0. The molecule has 2 atom stereocenters. The quantitative estimate of drug-likeness (QED) is 0.906. The van der Waals surface area contributed by atoms with Gasteiger partial charge in [-0.2, -0.15) is 0 Å². The maximum Gasteiger partial charge on any atom is 0.214 e. The molecule has 1 aliphatic rings.